The summed E-state index contributed by atoms with van der Waals surface area (Å²) in [5, 5.41) is 4.06. The first-order chi connectivity index (χ1) is 16.9. The number of morpholine rings is 1. The van der Waals surface area contributed by atoms with E-state index >= 15 is 0 Å². The molecule has 2 aromatic carbocycles. The normalized spacial score (nSPS) is 18.5. The van der Waals surface area contributed by atoms with Crippen LogP contribution in [-0.4, -0.2) is 41.9 Å². The second-order valence-corrected chi connectivity index (χ2v) is 10.1. The van der Waals surface area contributed by atoms with Crippen molar-refractivity contribution in [3.8, 4) is 5.69 Å². The van der Waals surface area contributed by atoms with Crippen molar-refractivity contribution in [3.63, 3.8) is 0 Å². The maximum atomic E-state index is 12.6. The number of nitrogens with one attached hydrogen (secondary N) is 1. The Morgan fingerprint density at radius 1 is 1.06 bits per heavy atom. The summed E-state index contributed by atoms with van der Waals surface area (Å²) in [5.74, 6) is -0.188. The highest BCUT2D eigenvalue weighted by molar-refractivity contribution is 8.18. The number of halogens is 2. The van der Waals surface area contributed by atoms with Crippen molar-refractivity contribution in [2.45, 2.75) is 13.8 Å². The van der Waals surface area contributed by atoms with Gasteiger partial charge in [0.05, 0.1) is 33.9 Å². The van der Waals surface area contributed by atoms with Crippen LogP contribution in [0.3, 0.4) is 0 Å². The molecule has 6 nitrogen and oxygen atoms in total. The number of carbonyl (C=O) groups excluding carboxylic acids is 1. The van der Waals surface area contributed by atoms with Gasteiger partial charge in [0, 0.05) is 35.9 Å². The van der Waals surface area contributed by atoms with Crippen LogP contribution >= 0.6 is 35.0 Å². The molecule has 1 amide bonds. The van der Waals surface area contributed by atoms with Gasteiger partial charge in [-0.1, -0.05) is 29.3 Å². The van der Waals surface area contributed by atoms with E-state index in [1.807, 2.05) is 6.08 Å². The molecular weight excluding hydrogens is 503 g/mol. The highest BCUT2D eigenvalue weighted by Gasteiger charge is 2.25. The molecule has 35 heavy (non-hydrogen) atoms. The molecule has 2 saturated heterocycles. The van der Waals surface area contributed by atoms with Crippen molar-refractivity contribution in [2.24, 2.45) is 4.99 Å². The van der Waals surface area contributed by atoms with Crippen molar-refractivity contribution in [1.29, 1.82) is 0 Å². The minimum absolute atomic E-state index is 0.188. The Morgan fingerprint density at radius 2 is 1.77 bits per heavy atom. The molecular formula is C26H24Cl2N4O2S. The minimum Gasteiger partial charge on any atom is -0.378 e. The third kappa shape index (κ3) is 5.00. The third-order valence-electron chi connectivity index (χ3n) is 6.05. The summed E-state index contributed by atoms with van der Waals surface area (Å²) in [6.07, 6.45) is 1.91. The first kappa shape index (κ1) is 24.0. The van der Waals surface area contributed by atoms with E-state index in [1.54, 1.807) is 18.2 Å². The number of aryl methyl sites for hydroxylation is 1. The van der Waals surface area contributed by atoms with E-state index in [1.165, 1.54) is 17.4 Å². The number of hydrogen-bond donors (Lipinski definition) is 1. The summed E-state index contributed by atoms with van der Waals surface area (Å²) in [5.41, 5.74) is 5.94. The molecule has 0 saturated carbocycles. The lowest BCUT2D eigenvalue weighted by molar-refractivity contribution is -0.115. The zero-order valence-corrected chi connectivity index (χ0v) is 21.7. The Hall–Kier alpha value is -2.71. The van der Waals surface area contributed by atoms with Crippen LogP contribution in [-0.2, 0) is 9.53 Å². The van der Waals surface area contributed by atoms with Crippen molar-refractivity contribution >= 4 is 63.5 Å². The van der Waals surface area contributed by atoms with Crippen molar-refractivity contribution in [1.82, 2.24) is 9.88 Å². The lowest BCUT2D eigenvalue weighted by Crippen LogP contribution is -2.36. The summed E-state index contributed by atoms with van der Waals surface area (Å²) < 4.78 is 7.66. The van der Waals surface area contributed by atoms with Gasteiger partial charge in [-0.2, -0.15) is 0 Å². The largest absolute Gasteiger partial charge is 0.378 e. The fourth-order valence-corrected chi connectivity index (χ4v) is 5.44. The quantitative estimate of drug-likeness (QED) is 0.415. The average Bonchev–Trinajstić information content (AvgIpc) is 3.35. The zero-order chi connectivity index (χ0) is 24.5. The summed E-state index contributed by atoms with van der Waals surface area (Å²) in [6, 6.07) is 15.9. The van der Waals surface area contributed by atoms with E-state index in [4.69, 9.17) is 27.9 Å². The standard InChI is InChI=1S/C26H24Cl2N4O2S/c1-16-14-18(15-23-25(33)30-26(35-23)29-22-5-3-4-21(27)24(22)28)17(2)32(16)20-8-6-19(7-9-20)31-10-12-34-13-11-31/h3-9,14-15H,10-13H2,1-2H3,(H,29,30,33)/b23-15-. The predicted octanol–water partition coefficient (Wildman–Crippen LogP) is 6.13. The van der Waals surface area contributed by atoms with Gasteiger partial charge in [-0.3, -0.25) is 4.79 Å². The molecule has 3 aromatic rings. The molecule has 1 aromatic heterocycles. The molecule has 0 atom stereocenters. The Bertz CT molecular complexity index is 1340. The first-order valence-electron chi connectivity index (χ1n) is 11.3. The van der Waals surface area contributed by atoms with Gasteiger partial charge in [0.2, 0.25) is 0 Å². The van der Waals surface area contributed by atoms with Gasteiger partial charge in [-0.15, -0.1) is 0 Å². The van der Waals surface area contributed by atoms with Gasteiger partial charge >= 0.3 is 0 Å². The second kappa shape index (κ2) is 10.1. The Morgan fingerprint density at radius 3 is 2.51 bits per heavy atom. The molecule has 0 unspecified atom stereocenters. The molecule has 3 heterocycles. The van der Waals surface area contributed by atoms with Gasteiger partial charge in [-0.25, -0.2) is 4.99 Å². The van der Waals surface area contributed by atoms with Crippen LogP contribution < -0.4 is 10.2 Å². The number of nitrogens with zero attached hydrogens (tertiary/aromatic N) is 3. The minimum atomic E-state index is -0.188. The zero-order valence-electron chi connectivity index (χ0n) is 19.3. The smallest absolute Gasteiger partial charge is 0.264 e. The molecule has 2 aliphatic heterocycles. The average molecular weight is 527 g/mol. The van der Waals surface area contributed by atoms with Gasteiger partial charge in [0.1, 0.15) is 0 Å². The predicted molar refractivity (Wildman–Crippen MR) is 146 cm³/mol. The van der Waals surface area contributed by atoms with Gasteiger partial charge < -0.3 is 19.5 Å². The van der Waals surface area contributed by atoms with E-state index < -0.39 is 0 Å². The SMILES string of the molecule is Cc1cc(/C=C2\SC(=Nc3cccc(Cl)c3Cl)NC2=O)c(C)n1-c1ccc(N2CCOCC2)cc1. The summed E-state index contributed by atoms with van der Waals surface area (Å²) in [7, 11) is 0. The van der Waals surface area contributed by atoms with Crippen LogP contribution in [0, 0.1) is 13.8 Å². The Kier molecular flexibility index (Phi) is 6.93. The van der Waals surface area contributed by atoms with E-state index in [-0.39, 0.29) is 5.91 Å². The van der Waals surface area contributed by atoms with Gasteiger partial charge in [-0.05, 0) is 79.7 Å². The van der Waals surface area contributed by atoms with E-state index in [9.17, 15) is 4.79 Å². The summed E-state index contributed by atoms with van der Waals surface area (Å²) in [6.45, 7) is 7.48. The number of benzene rings is 2. The topological polar surface area (TPSA) is 58.9 Å². The number of ether oxygens (including phenoxy) is 1. The van der Waals surface area contributed by atoms with Crippen LogP contribution in [0.4, 0.5) is 11.4 Å². The molecule has 0 radical (unpaired) electrons. The fourth-order valence-electron chi connectivity index (χ4n) is 4.28. The number of anilines is 1. The number of aliphatic imine (C=N–C) groups is 1. The number of carbonyl (C=O) groups is 1. The van der Waals surface area contributed by atoms with E-state index in [0.717, 1.165) is 48.9 Å². The van der Waals surface area contributed by atoms with Crippen LogP contribution in [0.5, 0.6) is 0 Å². The fraction of sp³-hybridized carbons (Fsp3) is 0.231. The van der Waals surface area contributed by atoms with Crippen molar-refractivity contribution < 1.29 is 9.53 Å². The molecule has 0 spiro atoms. The number of rotatable bonds is 4. The first-order valence-corrected chi connectivity index (χ1v) is 12.8. The molecule has 0 bridgehead atoms. The lowest BCUT2D eigenvalue weighted by atomic mass is 10.2. The highest BCUT2D eigenvalue weighted by Crippen LogP contribution is 2.35. The molecule has 9 heteroatoms. The lowest BCUT2D eigenvalue weighted by Gasteiger charge is -2.29. The number of thioether (sulfide) groups is 1. The van der Waals surface area contributed by atoms with Gasteiger partial charge in [0.15, 0.2) is 5.17 Å². The van der Waals surface area contributed by atoms with E-state index in [0.29, 0.717) is 25.8 Å². The number of amides is 1. The molecule has 2 fully saturated rings. The molecule has 0 aliphatic carbocycles. The third-order valence-corrected chi connectivity index (χ3v) is 7.76. The Balaban J connectivity index is 1.39. The van der Waals surface area contributed by atoms with Crippen molar-refractivity contribution in [2.75, 3.05) is 31.2 Å². The highest BCUT2D eigenvalue weighted by atomic mass is 35.5. The monoisotopic (exact) mass is 526 g/mol. The van der Waals surface area contributed by atoms with Crippen LogP contribution in [0.15, 0.2) is 58.4 Å². The van der Waals surface area contributed by atoms with Crippen LogP contribution in [0.25, 0.3) is 11.8 Å². The molecule has 180 valence electrons. The van der Waals surface area contributed by atoms with E-state index in [2.05, 4.69) is 64.0 Å². The molecule has 5 rings (SSSR count). The summed E-state index contributed by atoms with van der Waals surface area (Å²) in [4.78, 5) is 20.0. The van der Waals surface area contributed by atoms with Crippen LogP contribution in [0.2, 0.25) is 10.0 Å². The van der Waals surface area contributed by atoms with Crippen LogP contribution in [0.1, 0.15) is 17.0 Å². The summed E-state index contributed by atoms with van der Waals surface area (Å²) >= 11 is 13.6. The number of hydrogen-bond acceptors (Lipinski definition) is 5. The number of aromatic nitrogens is 1. The maximum absolute atomic E-state index is 12.6. The van der Waals surface area contributed by atoms with Crippen molar-refractivity contribution in [3.05, 3.63) is 80.4 Å². The molecule has 2 aliphatic rings. The maximum Gasteiger partial charge on any atom is 0.264 e. The Labute approximate surface area is 218 Å². The number of amidine groups is 1. The second-order valence-electron chi connectivity index (χ2n) is 8.33. The van der Waals surface area contributed by atoms with Gasteiger partial charge in [0.25, 0.3) is 5.91 Å². The molecule has 1 N–H and O–H groups in total.